The summed E-state index contributed by atoms with van der Waals surface area (Å²) in [7, 11) is 0. The van der Waals surface area contributed by atoms with E-state index in [4.69, 9.17) is 19.6 Å². The molecule has 1 aliphatic rings. The van der Waals surface area contributed by atoms with Crippen molar-refractivity contribution in [1.82, 2.24) is 14.6 Å². The van der Waals surface area contributed by atoms with Crippen molar-refractivity contribution in [3.05, 3.63) is 76.7 Å². The molecule has 0 spiro atoms. The van der Waals surface area contributed by atoms with Crippen molar-refractivity contribution in [2.45, 2.75) is 39.4 Å². The van der Waals surface area contributed by atoms with Crippen LogP contribution in [-0.2, 0) is 9.53 Å². The number of fused-ring (bicyclic) bond motifs is 2. The van der Waals surface area contributed by atoms with E-state index >= 15 is 4.39 Å². The van der Waals surface area contributed by atoms with E-state index in [2.05, 4.69) is 22.5 Å². The predicted molar refractivity (Wildman–Crippen MR) is 155 cm³/mol. The number of nitrogens with zero attached hydrogens (tertiary/aromatic N) is 4. The Morgan fingerprint density at radius 2 is 2.05 bits per heavy atom. The number of benzene rings is 2. The van der Waals surface area contributed by atoms with Crippen LogP contribution in [0.15, 0.2) is 59.6 Å². The summed E-state index contributed by atoms with van der Waals surface area (Å²) < 4.78 is 29.8. The molecule has 0 fully saturated rings. The monoisotopic (exact) mass is 608 g/mol. The van der Waals surface area contributed by atoms with Crippen molar-refractivity contribution in [3.8, 4) is 28.3 Å². The molecule has 0 aliphatic carbocycles. The molecule has 1 aliphatic heterocycles. The maximum absolute atomic E-state index is 15.6. The molecule has 0 saturated heterocycles. The summed E-state index contributed by atoms with van der Waals surface area (Å²) >= 11 is 3.50. The number of anilines is 1. The minimum Gasteiger partial charge on any atom is -0.486 e. The van der Waals surface area contributed by atoms with Crippen LogP contribution in [-0.4, -0.2) is 51.0 Å². The number of carboxylic acids is 1. The van der Waals surface area contributed by atoms with Gasteiger partial charge in [0.25, 0.3) is 0 Å². The van der Waals surface area contributed by atoms with Crippen molar-refractivity contribution in [2.75, 3.05) is 24.6 Å². The van der Waals surface area contributed by atoms with E-state index < -0.39 is 23.5 Å². The molecular formula is C30H30BrFN4O4. The lowest BCUT2D eigenvalue weighted by atomic mass is 9.97. The molecule has 10 heteroatoms. The average molecular weight is 609 g/mol. The summed E-state index contributed by atoms with van der Waals surface area (Å²) in [6.45, 7) is 12.3. The van der Waals surface area contributed by atoms with Crippen LogP contribution in [0.2, 0.25) is 0 Å². The van der Waals surface area contributed by atoms with Gasteiger partial charge < -0.3 is 19.5 Å². The number of carboxylic acid groups (broad SMARTS) is 1. The van der Waals surface area contributed by atoms with E-state index in [0.717, 1.165) is 10.0 Å². The molecule has 1 unspecified atom stereocenters. The number of hydrogen-bond donors (Lipinski definition) is 1. The molecule has 2 aromatic carbocycles. The lowest BCUT2D eigenvalue weighted by molar-refractivity contribution is -0.160. The van der Waals surface area contributed by atoms with E-state index in [0.29, 0.717) is 59.2 Å². The summed E-state index contributed by atoms with van der Waals surface area (Å²) in [5, 5.41) is 15.2. The second-order valence-electron chi connectivity index (χ2n) is 10.6. The Kier molecular flexibility index (Phi) is 7.41. The van der Waals surface area contributed by atoms with Crippen LogP contribution in [0.1, 0.15) is 38.1 Å². The van der Waals surface area contributed by atoms with Crippen molar-refractivity contribution in [2.24, 2.45) is 0 Å². The quantitative estimate of drug-likeness (QED) is 0.236. The lowest BCUT2D eigenvalue weighted by Crippen LogP contribution is -2.33. The molecule has 40 heavy (non-hydrogen) atoms. The predicted octanol–water partition coefficient (Wildman–Crippen LogP) is 6.60. The van der Waals surface area contributed by atoms with Gasteiger partial charge >= 0.3 is 5.97 Å². The first kappa shape index (κ1) is 27.8. The van der Waals surface area contributed by atoms with E-state index in [1.807, 2.05) is 35.2 Å². The van der Waals surface area contributed by atoms with Crippen LogP contribution >= 0.6 is 15.9 Å². The molecule has 2 aromatic heterocycles. The van der Waals surface area contributed by atoms with Gasteiger partial charge in [-0.05, 0) is 52.0 Å². The third-order valence-corrected chi connectivity index (χ3v) is 7.00. The van der Waals surface area contributed by atoms with Crippen LogP contribution in [0.5, 0.6) is 5.75 Å². The molecule has 5 rings (SSSR count). The van der Waals surface area contributed by atoms with E-state index in [-0.39, 0.29) is 5.75 Å². The highest BCUT2D eigenvalue weighted by Gasteiger charge is 2.34. The zero-order valence-electron chi connectivity index (χ0n) is 22.7. The fourth-order valence-electron chi connectivity index (χ4n) is 4.92. The summed E-state index contributed by atoms with van der Waals surface area (Å²) in [5.74, 6) is -1.59. The molecule has 8 nitrogen and oxygen atoms in total. The first-order chi connectivity index (χ1) is 19.0. The smallest absolute Gasteiger partial charge is 0.337 e. The zero-order chi connectivity index (χ0) is 28.8. The van der Waals surface area contributed by atoms with Gasteiger partial charge in [-0.25, -0.2) is 18.7 Å². The molecule has 0 amide bonds. The van der Waals surface area contributed by atoms with Crippen LogP contribution in [0.3, 0.4) is 0 Å². The molecule has 0 saturated carbocycles. The number of aromatic nitrogens is 3. The second-order valence-corrected chi connectivity index (χ2v) is 11.5. The number of ether oxygens (including phenoxy) is 2. The van der Waals surface area contributed by atoms with Crippen molar-refractivity contribution < 1.29 is 23.8 Å². The minimum absolute atomic E-state index is 0.149. The standard InChI is InChI=1S/C30H30BrFN4O4/c1-6-10-35-11-12-39-27-21(32)14-19(15-23(27)35)26-25(28(29(37)38)40-30(3,4)5)17(2)33-24-16-22(34-36(24)26)18-8-7-9-20(31)13-18/h6-9,13-16,28H,1,10-12H2,2-5H3,(H,37,38). The summed E-state index contributed by atoms with van der Waals surface area (Å²) in [6.07, 6.45) is 0.361. The van der Waals surface area contributed by atoms with Crippen molar-refractivity contribution in [3.63, 3.8) is 0 Å². The Hall–Kier alpha value is -3.76. The SMILES string of the molecule is C=CCN1CCOc2c(F)cc(-c3c(C(OC(C)(C)C)C(=O)O)c(C)nc4cc(-c5cccc(Br)c5)nn34)cc21. The topological polar surface area (TPSA) is 89.2 Å². The molecule has 4 aromatic rings. The Labute approximate surface area is 240 Å². The number of rotatable bonds is 7. The Bertz CT molecular complexity index is 1630. The first-order valence-electron chi connectivity index (χ1n) is 12.9. The first-order valence-corrected chi connectivity index (χ1v) is 13.7. The Morgan fingerprint density at radius 3 is 2.73 bits per heavy atom. The van der Waals surface area contributed by atoms with Crippen LogP contribution in [0.25, 0.3) is 28.2 Å². The third kappa shape index (κ3) is 5.33. The van der Waals surface area contributed by atoms with Gasteiger partial charge in [0.05, 0.1) is 29.2 Å². The maximum atomic E-state index is 15.6. The van der Waals surface area contributed by atoms with E-state index in [1.165, 1.54) is 6.07 Å². The number of hydrogen-bond acceptors (Lipinski definition) is 6. The van der Waals surface area contributed by atoms with E-state index in [9.17, 15) is 9.90 Å². The Balaban J connectivity index is 1.84. The van der Waals surface area contributed by atoms with E-state index in [1.54, 1.807) is 44.4 Å². The van der Waals surface area contributed by atoms with Gasteiger partial charge in [-0.1, -0.05) is 34.1 Å². The normalized spacial score (nSPS) is 14.1. The van der Waals surface area contributed by atoms with Gasteiger partial charge in [0.15, 0.2) is 23.3 Å². The van der Waals surface area contributed by atoms with Gasteiger partial charge in [0.2, 0.25) is 0 Å². The number of carbonyl (C=O) groups is 1. The number of aliphatic carboxylic acids is 1. The number of halogens is 2. The zero-order valence-corrected chi connectivity index (χ0v) is 24.3. The van der Waals surface area contributed by atoms with Crippen LogP contribution in [0, 0.1) is 12.7 Å². The summed E-state index contributed by atoms with van der Waals surface area (Å²) in [5.41, 5.74) is 3.27. The maximum Gasteiger partial charge on any atom is 0.337 e. The molecule has 1 atom stereocenters. The van der Waals surface area contributed by atoms with Gasteiger partial charge in [-0.3, -0.25) is 0 Å². The minimum atomic E-state index is -1.38. The highest BCUT2D eigenvalue weighted by atomic mass is 79.9. The molecule has 208 valence electrons. The van der Waals surface area contributed by atoms with Crippen molar-refractivity contribution >= 4 is 33.2 Å². The van der Waals surface area contributed by atoms with Crippen LogP contribution < -0.4 is 9.64 Å². The fraction of sp³-hybridized carbons (Fsp3) is 0.300. The second kappa shape index (κ2) is 10.7. The Morgan fingerprint density at radius 1 is 1.27 bits per heavy atom. The average Bonchev–Trinajstić information content (AvgIpc) is 3.30. The van der Waals surface area contributed by atoms with Crippen molar-refractivity contribution in [1.29, 1.82) is 0 Å². The highest BCUT2D eigenvalue weighted by Crippen LogP contribution is 2.42. The highest BCUT2D eigenvalue weighted by molar-refractivity contribution is 9.10. The van der Waals surface area contributed by atoms with Gasteiger partial charge in [0, 0.05) is 39.5 Å². The van der Waals surface area contributed by atoms with Crippen LogP contribution in [0.4, 0.5) is 10.1 Å². The molecule has 3 heterocycles. The van der Waals surface area contributed by atoms with Gasteiger partial charge in [-0.2, -0.15) is 5.10 Å². The van der Waals surface area contributed by atoms with Gasteiger partial charge in [-0.15, -0.1) is 6.58 Å². The summed E-state index contributed by atoms with van der Waals surface area (Å²) in [6, 6.07) is 12.6. The molecule has 1 N–H and O–H groups in total. The summed E-state index contributed by atoms with van der Waals surface area (Å²) in [4.78, 5) is 19.3. The number of aryl methyl sites for hydroxylation is 1. The molecule has 0 bridgehead atoms. The fourth-order valence-corrected chi connectivity index (χ4v) is 5.32. The third-order valence-electron chi connectivity index (χ3n) is 6.50. The molecule has 0 radical (unpaired) electrons. The largest absolute Gasteiger partial charge is 0.486 e. The lowest BCUT2D eigenvalue weighted by Gasteiger charge is -2.31. The molecular weight excluding hydrogens is 579 g/mol. The van der Waals surface area contributed by atoms with Gasteiger partial charge in [0.1, 0.15) is 6.61 Å².